The fourth-order valence-electron chi connectivity index (χ4n) is 1.52. The third kappa shape index (κ3) is 5.13. The van der Waals surface area contributed by atoms with Crippen molar-refractivity contribution in [1.82, 2.24) is 0 Å². The summed E-state index contributed by atoms with van der Waals surface area (Å²) in [5.74, 6) is 3.36. The van der Waals surface area contributed by atoms with Crippen LogP contribution in [-0.2, 0) is 6.42 Å². The Hall–Kier alpha value is -0.480. The number of hydrogen-bond donors (Lipinski definition) is 2. The minimum absolute atomic E-state index is 0.676. The van der Waals surface area contributed by atoms with Crippen molar-refractivity contribution in [2.24, 2.45) is 0 Å². The second-order valence-electron chi connectivity index (χ2n) is 3.74. The van der Waals surface area contributed by atoms with Crippen molar-refractivity contribution in [1.29, 1.82) is 0 Å². The number of rotatable bonds is 8. The molecule has 96 valence electrons. The zero-order valence-corrected chi connectivity index (χ0v) is 12.0. The summed E-state index contributed by atoms with van der Waals surface area (Å²) in [6, 6.07) is 6.10. The smallest absolute Gasteiger partial charge is 0.161 e. The van der Waals surface area contributed by atoms with Gasteiger partial charge in [-0.05, 0) is 48.5 Å². The van der Waals surface area contributed by atoms with Gasteiger partial charge in [0.1, 0.15) is 0 Å². The fraction of sp³-hybridized carbons (Fsp3) is 0.538. The van der Waals surface area contributed by atoms with Crippen molar-refractivity contribution in [2.45, 2.75) is 19.3 Å². The summed E-state index contributed by atoms with van der Waals surface area (Å²) >= 11 is 8.37. The molecule has 1 aromatic rings. The first-order chi connectivity index (χ1) is 8.31. The van der Waals surface area contributed by atoms with Crippen LogP contribution in [0.1, 0.15) is 18.4 Å². The molecule has 0 amide bonds. The summed E-state index contributed by atoms with van der Waals surface area (Å²) in [6.07, 6.45) is 3.04. The van der Waals surface area contributed by atoms with Gasteiger partial charge in [0.05, 0.1) is 13.7 Å². The third-order valence-electron chi connectivity index (χ3n) is 2.41. The van der Waals surface area contributed by atoms with Crippen LogP contribution >= 0.6 is 25.3 Å². The van der Waals surface area contributed by atoms with Gasteiger partial charge in [0, 0.05) is 0 Å². The Kier molecular flexibility index (Phi) is 7.37. The molecule has 0 heterocycles. The number of aryl methyl sites for hydroxylation is 1. The topological polar surface area (TPSA) is 18.5 Å². The summed E-state index contributed by atoms with van der Waals surface area (Å²) < 4.78 is 11.0. The third-order valence-corrected chi connectivity index (χ3v) is 3.04. The molecule has 0 saturated carbocycles. The summed E-state index contributed by atoms with van der Waals surface area (Å²) in [6.45, 7) is 0.676. The van der Waals surface area contributed by atoms with Crippen LogP contribution in [0.2, 0.25) is 0 Å². The van der Waals surface area contributed by atoms with Crippen molar-refractivity contribution in [3.05, 3.63) is 23.8 Å². The van der Waals surface area contributed by atoms with Crippen LogP contribution < -0.4 is 9.47 Å². The number of methoxy groups -OCH3 is 1. The Bertz CT molecular complexity index is 329. The van der Waals surface area contributed by atoms with E-state index in [0.29, 0.717) is 6.61 Å². The van der Waals surface area contributed by atoms with Gasteiger partial charge >= 0.3 is 0 Å². The number of ether oxygens (including phenoxy) is 2. The summed E-state index contributed by atoms with van der Waals surface area (Å²) in [7, 11) is 1.67. The second-order valence-corrected chi connectivity index (χ2v) is 4.63. The van der Waals surface area contributed by atoms with Gasteiger partial charge in [-0.25, -0.2) is 0 Å². The molecule has 1 rings (SSSR count). The molecule has 0 unspecified atom stereocenters. The lowest BCUT2D eigenvalue weighted by atomic mass is 10.1. The van der Waals surface area contributed by atoms with E-state index < -0.39 is 0 Å². The van der Waals surface area contributed by atoms with Crippen molar-refractivity contribution in [3.8, 4) is 11.5 Å². The molecule has 0 spiro atoms. The minimum Gasteiger partial charge on any atom is -0.493 e. The van der Waals surface area contributed by atoms with Crippen molar-refractivity contribution in [2.75, 3.05) is 25.2 Å². The van der Waals surface area contributed by atoms with Gasteiger partial charge in [0.15, 0.2) is 11.5 Å². The lowest BCUT2D eigenvalue weighted by Gasteiger charge is -2.11. The lowest BCUT2D eigenvalue weighted by Crippen LogP contribution is -2.00. The molecule has 0 aliphatic rings. The molecule has 0 fully saturated rings. The van der Waals surface area contributed by atoms with Crippen molar-refractivity contribution < 1.29 is 9.47 Å². The van der Waals surface area contributed by atoms with Crippen molar-refractivity contribution in [3.63, 3.8) is 0 Å². The van der Waals surface area contributed by atoms with E-state index in [-0.39, 0.29) is 0 Å². The summed E-state index contributed by atoms with van der Waals surface area (Å²) in [4.78, 5) is 0. The zero-order chi connectivity index (χ0) is 12.5. The van der Waals surface area contributed by atoms with Crippen molar-refractivity contribution >= 4 is 25.3 Å². The molecule has 4 heteroatoms. The number of thiol groups is 2. The molecule has 0 radical (unpaired) electrons. The zero-order valence-electron chi connectivity index (χ0n) is 10.2. The molecule has 1 aromatic carbocycles. The molecule has 0 saturated heterocycles. The van der Waals surface area contributed by atoms with Crippen LogP contribution in [0.4, 0.5) is 0 Å². The van der Waals surface area contributed by atoms with Crippen LogP contribution in [0.5, 0.6) is 11.5 Å². The molecule has 0 N–H and O–H groups in total. The Labute approximate surface area is 115 Å². The van der Waals surface area contributed by atoms with E-state index in [1.54, 1.807) is 7.11 Å². The van der Waals surface area contributed by atoms with Crippen LogP contribution in [0.25, 0.3) is 0 Å². The standard InChI is InChI=1S/C13H20O2S2/c1-14-13-10-11(4-2-8-16)5-6-12(13)15-7-3-9-17/h5-6,10,16-17H,2-4,7-9H2,1H3. The first-order valence-electron chi connectivity index (χ1n) is 5.83. The van der Waals surface area contributed by atoms with Gasteiger partial charge in [-0.15, -0.1) is 0 Å². The highest BCUT2D eigenvalue weighted by Gasteiger charge is 2.05. The van der Waals surface area contributed by atoms with E-state index >= 15 is 0 Å². The first kappa shape index (κ1) is 14.6. The van der Waals surface area contributed by atoms with Crippen LogP contribution in [0, 0.1) is 0 Å². The normalized spacial score (nSPS) is 10.3. The average molecular weight is 272 g/mol. The van der Waals surface area contributed by atoms with E-state index in [1.807, 2.05) is 12.1 Å². The van der Waals surface area contributed by atoms with E-state index in [4.69, 9.17) is 9.47 Å². The lowest BCUT2D eigenvalue weighted by molar-refractivity contribution is 0.295. The van der Waals surface area contributed by atoms with Gasteiger partial charge in [0.25, 0.3) is 0 Å². The summed E-state index contributed by atoms with van der Waals surface area (Å²) in [5.41, 5.74) is 1.26. The number of hydrogen-bond acceptors (Lipinski definition) is 4. The minimum atomic E-state index is 0.676. The van der Waals surface area contributed by atoms with E-state index in [1.165, 1.54) is 5.56 Å². The quantitative estimate of drug-likeness (QED) is 0.559. The Balaban J connectivity index is 2.64. The molecule has 0 aliphatic heterocycles. The first-order valence-corrected chi connectivity index (χ1v) is 7.09. The molecular formula is C13H20O2S2. The average Bonchev–Trinajstić information content (AvgIpc) is 2.37. The van der Waals surface area contributed by atoms with Gasteiger partial charge in [-0.1, -0.05) is 6.07 Å². The molecule has 17 heavy (non-hydrogen) atoms. The molecule has 0 aliphatic carbocycles. The highest BCUT2D eigenvalue weighted by molar-refractivity contribution is 7.80. The summed E-state index contributed by atoms with van der Waals surface area (Å²) in [5, 5.41) is 0. The molecule has 0 bridgehead atoms. The van der Waals surface area contributed by atoms with E-state index in [9.17, 15) is 0 Å². The highest BCUT2D eigenvalue weighted by atomic mass is 32.1. The Morgan fingerprint density at radius 2 is 1.82 bits per heavy atom. The largest absolute Gasteiger partial charge is 0.493 e. The molecular weight excluding hydrogens is 252 g/mol. The molecule has 0 atom stereocenters. The fourth-order valence-corrected chi connectivity index (χ4v) is 1.80. The highest BCUT2D eigenvalue weighted by Crippen LogP contribution is 2.28. The maximum Gasteiger partial charge on any atom is 0.161 e. The Morgan fingerprint density at radius 3 is 2.47 bits per heavy atom. The predicted octanol–water partition coefficient (Wildman–Crippen LogP) is 3.26. The van der Waals surface area contributed by atoms with Gasteiger partial charge in [-0.3, -0.25) is 0 Å². The van der Waals surface area contributed by atoms with E-state index in [0.717, 1.165) is 42.3 Å². The maximum absolute atomic E-state index is 5.64. The van der Waals surface area contributed by atoms with Gasteiger partial charge in [0.2, 0.25) is 0 Å². The predicted molar refractivity (Wildman–Crippen MR) is 79.1 cm³/mol. The van der Waals surface area contributed by atoms with Crippen LogP contribution in [-0.4, -0.2) is 25.2 Å². The second kappa shape index (κ2) is 8.59. The SMILES string of the molecule is COc1cc(CCCS)ccc1OCCCS. The van der Waals surface area contributed by atoms with E-state index in [2.05, 4.69) is 31.3 Å². The van der Waals surface area contributed by atoms with Crippen LogP contribution in [0.3, 0.4) is 0 Å². The molecule has 0 aromatic heterocycles. The van der Waals surface area contributed by atoms with Gasteiger partial charge < -0.3 is 9.47 Å². The van der Waals surface area contributed by atoms with Crippen LogP contribution in [0.15, 0.2) is 18.2 Å². The monoisotopic (exact) mass is 272 g/mol. The number of benzene rings is 1. The maximum atomic E-state index is 5.64. The molecule has 2 nitrogen and oxygen atoms in total. The van der Waals surface area contributed by atoms with Gasteiger partial charge in [-0.2, -0.15) is 25.3 Å². The Morgan fingerprint density at radius 1 is 1.06 bits per heavy atom.